The van der Waals surface area contributed by atoms with Gasteiger partial charge in [0, 0.05) is 46.0 Å². The van der Waals surface area contributed by atoms with E-state index < -0.39 is 0 Å². The van der Waals surface area contributed by atoms with Crippen LogP contribution < -0.4 is 10.6 Å². The molecule has 4 aromatic carbocycles. The van der Waals surface area contributed by atoms with Gasteiger partial charge in [-0.15, -0.1) is 0 Å². The summed E-state index contributed by atoms with van der Waals surface area (Å²) in [6.45, 7) is 0. The van der Waals surface area contributed by atoms with Gasteiger partial charge >= 0.3 is 0 Å². The van der Waals surface area contributed by atoms with Gasteiger partial charge in [-0.3, -0.25) is 19.6 Å². The topological polar surface area (TPSA) is 84.0 Å². The van der Waals surface area contributed by atoms with Crippen molar-refractivity contribution in [3.8, 4) is 0 Å². The molecule has 0 fully saturated rings. The first-order chi connectivity index (χ1) is 22.5. The third-order valence-electron chi connectivity index (χ3n) is 6.68. The molecule has 2 N–H and O–H groups in total. The van der Waals surface area contributed by atoms with Crippen molar-refractivity contribution in [3.63, 3.8) is 0 Å². The van der Waals surface area contributed by atoms with Crippen LogP contribution in [0.3, 0.4) is 0 Å². The van der Waals surface area contributed by atoms with Crippen LogP contribution in [0.5, 0.6) is 0 Å². The first-order valence-electron chi connectivity index (χ1n) is 14.3. The summed E-state index contributed by atoms with van der Waals surface area (Å²) in [6.07, 6.45) is 3.40. The second-order valence-corrected chi connectivity index (χ2v) is 10.7. The van der Waals surface area contributed by atoms with E-state index in [0.29, 0.717) is 43.6 Å². The Morgan fingerprint density at radius 3 is 1.07 bits per heavy atom. The van der Waals surface area contributed by atoms with Gasteiger partial charge in [-0.2, -0.15) is 0 Å². The molecule has 0 atom stereocenters. The maximum Gasteiger partial charge on any atom is 0.193 e. The van der Waals surface area contributed by atoms with E-state index in [1.807, 2.05) is 121 Å². The third kappa shape index (κ3) is 8.69. The molecule has 0 aliphatic rings. The number of aromatic nitrogens is 2. The van der Waals surface area contributed by atoms with Crippen molar-refractivity contribution in [3.05, 3.63) is 192 Å². The average Bonchev–Trinajstić information content (AvgIpc) is 3.13. The monoisotopic (exact) mass is 636 g/mol. The van der Waals surface area contributed by atoms with E-state index in [2.05, 4.69) is 20.6 Å². The molecule has 0 aliphatic heterocycles. The lowest BCUT2D eigenvalue weighted by molar-refractivity contribution is 0.103. The molecular formula is C38H28N4O2S2. The zero-order valence-corrected chi connectivity index (χ0v) is 26.2. The Labute approximate surface area is 278 Å². The minimum atomic E-state index is 0.00412. The number of carbonyl (C=O) groups excluding carboxylic acids is 2. The molecule has 46 heavy (non-hydrogen) atoms. The number of anilines is 2. The fourth-order valence-electron chi connectivity index (χ4n) is 4.31. The zero-order valence-electron chi connectivity index (χ0n) is 24.5. The Bertz CT molecular complexity index is 1770. The number of benzene rings is 4. The molecule has 0 bridgehead atoms. The van der Waals surface area contributed by atoms with Gasteiger partial charge in [0.1, 0.15) is 9.98 Å². The second-order valence-electron chi connectivity index (χ2n) is 9.88. The van der Waals surface area contributed by atoms with Gasteiger partial charge in [-0.05, 0) is 72.8 Å². The largest absolute Gasteiger partial charge is 0.345 e. The molecule has 0 spiro atoms. The van der Waals surface area contributed by atoms with Crippen LogP contribution in [-0.2, 0) is 0 Å². The predicted octanol–water partition coefficient (Wildman–Crippen LogP) is 8.20. The SMILES string of the molecule is O=C(c1ccccc1)c1ccc(NC(=S)c2ccccn2)cc1.O=C(c1ccccc1)c1ccc(NC(=S)c2ccccn2)cc1. The van der Waals surface area contributed by atoms with Crippen LogP contribution in [0, 0.1) is 0 Å². The highest BCUT2D eigenvalue weighted by Crippen LogP contribution is 2.16. The smallest absolute Gasteiger partial charge is 0.193 e. The van der Waals surface area contributed by atoms with Crippen LogP contribution in [0.4, 0.5) is 11.4 Å². The molecule has 0 aliphatic carbocycles. The lowest BCUT2D eigenvalue weighted by Crippen LogP contribution is -2.12. The molecule has 0 saturated heterocycles. The maximum atomic E-state index is 12.3. The summed E-state index contributed by atoms with van der Waals surface area (Å²) in [5.41, 5.74) is 5.72. The molecule has 2 aromatic heterocycles. The summed E-state index contributed by atoms with van der Waals surface area (Å²) < 4.78 is 0. The van der Waals surface area contributed by atoms with Crippen molar-refractivity contribution in [1.29, 1.82) is 0 Å². The fourth-order valence-corrected chi connectivity index (χ4v) is 4.78. The standard InChI is InChI=1S/2C19H14N2OS/c2*22-18(14-6-2-1-3-7-14)15-9-11-16(12-10-15)21-19(23)17-8-4-5-13-20-17/h2*1-13H,(H,21,23). The quantitative estimate of drug-likeness (QED) is 0.128. The molecule has 0 saturated carbocycles. The summed E-state index contributed by atoms with van der Waals surface area (Å²) in [7, 11) is 0. The summed E-state index contributed by atoms with van der Waals surface area (Å²) in [4.78, 5) is 34.2. The van der Waals surface area contributed by atoms with Crippen LogP contribution in [-0.4, -0.2) is 31.5 Å². The van der Waals surface area contributed by atoms with E-state index in [1.54, 1.807) is 36.7 Å². The number of thiocarbonyl (C=S) groups is 2. The highest BCUT2D eigenvalue weighted by atomic mass is 32.1. The first-order valence-corrected chi connectivity index (χ1v) is 15.1. The molecule has 6 aromatic rings. The van der Waals surface area contributed by atoms with Gasteiger partial charge in [0.05, 0.1) is 11.4 Å². The van der Waals surface area contributed by atoms with Crippen LogP contribution in [0.1, 0.15) is 43.2 Å². The number of nitrogens with one attached hydrogen (secondary N) is 2. The Morgan fingerprint density at radius 2 is 0.739 bits per heavy atom. The van der Waals surface area contributed by atoms with Crippen LogP contribution >= 0.6 is 24.4 Å². The lowest BCUT2D eigenvalue weighted by atomic mass is 10.0. The van der Waals surface area contributed by atoms with Crippen molar-refractivity contribution in [2.75, 3.05) is 10.6 Å². The summed E-state index contributed by atoms with van der Waals surface area (Å²) >= 11 is 10.6. The fraction of sp³-hybridized carbons (Fsp3) is 0. The average molecular weight is 637 g/mol. The first kappa shape index (κ1) is 31.7. The molecule has 2 heterocycles. The summed E-state index contributed by atoms with van der Waals surface area (Å²) in [5, 5.41) is 6.24. The highest BCUT2D eigenvalue weighted by molar-refractivity contribution is 7.81. The van der Waals surface area contributed by atoms with Crippen molar-refractivity contribution in [2.24, 2.45) is 0 Å². The number of nitrogens with zero attached hydrogens (tertiary/aromatic N) is 2. The Morgan fingerprint density at radius 1 is 0.413 bits per heavy atom. The summed E-state index contributed by atoms with van der Waals surface area (Å²) in [6, 6.07) is 44.1. The highest BCUT2D eigenvalue weighted by Gasteiger charge is 2.10. The van der Waals surface area contributed by atoms with Crippen molar-refractivity contribution < 1.29 is 9.59 Å². The van der Waals surface area contributed by atoms with Gasteiger partial charge < -0.3 is 10.6 Å². The number of rotatable bonds is 8. The van der Waals surface area contributed by atoms with Gasteiger partial charge in [0.15, 0.2) is 11.6 Å². The van der Waals surface area contributed by atoms with Gasteiger partial charge in [0.25, 0.3) is 0 Å². The van der Waals surface area contributed by atoms with E-state index >= 15 is 0 Å². The molecule has 6 nitrogen and oxygen atoms in total. The molecule has 0 radical (unpaired) electrons. The van der Waals surface area contributed by atoms with Crippen LogP contribution in [0.25, 0.3) is 0 Å². The van der Waals surface area contributed by atoms with Gasteiger partial charge in [-0.25, -0.2) is 0 Å². The number of hydrogen-bond donors (Lipinski definition) is 2. The molecule has 6 rings (SSSR count). The minimum Gasteiger partial charge on any atom is -0.345 e. The van der Waals surface area contributed by atoms with Gasteiger partial charge in [0.2, 0.25) is 0 Å². The second kappa shape index (κ2) is 15.9. The number of ketones is 2. The number of carbonyl (C=O) groups is 2. The van der Waals surface area contributed by atoms with E-state index in [-0.39, 0.29) is 11.6 Å². The molecular weight excluding hydrogens is 609 g/mol. The number of pyridine rings is 2. The third-order valence-corrected chi connectivity index (χ3v) is 7.30. The Hall–Kier alpha value is -5.70. The molecule has 0 amide bonds. The molecule has 8 heteroatoms. The van der Waals surface area contributed by atoms with E-state index in [0.717, 1.165) is 11.4 Å². The number of hydrogen-bond acceptors (Lipinski definition) is 6. The van der Waals surface area contributed by atoms with Crippen molar-refractivity contribution in [1.82, 2.24) is 9.97 Å². The maximum absolute atomic E-state index is 12.3. The molecule has 0 unspecified atom stereocenters. The predicted molar refractivity (Wildman–Crippen MR) is 192 cm³/mol. The Kier molecular flexibility index (Phi) is 10.9. The van der Waals surface area contributed by atoms with Crippen LogP contribution in [0.2, 0.25) is 0 Å². The van der Waals surface area contributed by atoms with E-state index in [4.69, 9.17) is 24.4 Å². The van der Waals surface area contributed by atoms with Gasteiger partial charge in [-0.1, -0.05) is 97.2 Å². The van der Waals surface area contributed by atoms with Crippen molar-refractivity contribution in [2.45, 2.75) is 0 Å². The summed E-state index contributed by atoms with van der Waals surface area (Å²) in [5.74, 6) is 0.00825. The Balaban J connectivity index is 0.000000181. The van der Waals surface area contributed by atoms with Crippen LogP contribution in [0.15, 0.2) is 158 Å². The molecule has 224 valence electrons. The lowest BCUT2D eigenvalue weighted by Gasteiger charge is -2.08. The van der Waals surface area contributed by atoms with E-state index in [1.165, 1.54) is 0 Å². The normalized spacial score (nSPS) is 10.1. The zero-order chi connectivity index (χ0) is 32.1. The van der Waals surface area contributed by atoms with E-state index in [9.17, 15) is 9.59 Å². The van der Waals surface area contributed by atoms with Crippen molar-refractivity contribution >= 4 is 57.4 Å². The minimum absolute atomic E-state index is 0.00412.